The minimum absolute atomic E-state index is 0.458. The summed E-state index contributed by atoms with van der Waals surface area (Å²) in [6, 6.07) is 8.45. The van der Waals surface area contributed by atoms with Gasteiger partial charge in [-0.25, -0.2) is 4.98 Å². The molecule has 1 heterocycles. The topological polar surface area (TPSA) is 38.9 Å². The Balaban J connectivity index is 2.04. The molecule has 2 rings (SSSR count). The normalized spacial score (nSPS) is 12.6. The summed E-state index contributed by atoms with van der Waals surface area (Å²) in [6.45, 7) is 4.90. The van der Waals surface area contributed by atoms with Crippen LogP contribution in [0.4, 0.5) is 0 Å². The molecule has 102 valence electrons. The van der Waals surface area contributed by atoms with Crippen LogP contribution in [0.15, 0.2) is 28.7 Å². The molecule has 0 bridgehead atoms. The zero-order valence-electron chi connectivity index (χ0n) is 11.3. The van der Waals surface area contributed by atoms with Crippen LogP contribution >= 0.6 is 27.3 Å². The summed E-state index contributed by atoms with van der Waals surface area (Å²) in [6.07, 6.45) is 1.98. The van der Waals surface area contributed by atoms with E-state index in [9.17, 15) is 0 Å². The van der Waals surface area contributed by atoms with E-state index < -0.39 is 0 Å². The maximum Gasteiger partial charge on any atom is 0.0934 e. The van der Waals surface area contributed by atoms with Gasteiger partial charge < -0.3 is 5.73 Å². The van der Waals surface area contributed by atoms with Crippen LogP contribution in [0, 0.1) is 19.8 Å². The van der Waals surface area contributed by atoms with Crippen molar-refractivity contribution in [3.8, 4) is 0 Å². The fraction of sp³-hybridized carbons (Fsp3) is 0.400. The summed E-state index contributed by atoms with van der Waals surface area (Å²) in [5.74, 6) is 0.458. The second-order valence-electron chi connectivity index (χ2n) is 4.89. The molecule has 0 saturated heterocycles. The minimum atomic E-state index is 0.458. The third kappa shape index (κ3) is 4.13. The predicted molar refractivity (Wildman–Crippen MR) is 85.7 cm³/mol. The standard InChI is InChI=1S/C15H19BrN2S/c1-10-11(2)19-15(18-10)8-13(9-17)6-12-4-3-5-14(16)7-12/h3-5,7,13H,6,8-9,17H2,1-2H3. The molecule has 0 aliphatic heterocycles. The quantitative estimate of drug-likeness (QED) is 0.898. The molecule has 2 N–H and O–H groups in total. The third-order valence-electron chi connectivity index (χ3n) is 3.28. The molecule has 0 radical (unpaired) electrons. The van der Waals surface area contributed by atoms with Crippen molar-refractivity contribution in [2.45, 2.75) is 26.7 Å². The molecule has 1 aromatic heterocycles. The Morgan fingerprint density at radius 2 is 2.11 bits per heavy atom. The lowest BCUT2D eigenvalue weighted by Gasteiger charge is -2.13. The van der Waals surface area contributed by atoms with Gasteiger partial charge >= 0.3 is 0 Å². The number of nitrogens with zero attached hydrogens (tertiary/aromatic N) is 1. The van der Waals surface area contributed by atoms with Crippen LogP contribution < -0.4 is 5.73 Å². The van der Waals surface area contributed by atoms with Crippen LogP contribution in [0.2, 0.25) is 0 Å². The molecule has 0 aliphatic rings. The second-order valence-corrected chi connectivity index (χ2v) is 7.09. The van der Waals surface area contributed by atoms with Gasteiger partial charge in [0.05, 0.1) is 10.7 Å². The number of hydrogen-bond acceptors (Lipinski definition) is 3. The Kier molecular flexibility index (Phi) is 5.13. The first-order valence-electron chi connectivity index (χ1n) is 6.46. The average Bonchev–Trinajstić information content (AvgIpc) is 2.67. The molecule has 2 aromatic rings. The molecule has 1 unspecified atom stereocenters. The van der Waals surface area contributed by atoms with Crippen molar-refractivity contribution in [2.75, 3.05) is 6.54 Å². The Morgan fingerprint density at radius 1 is 1.32 bits per heavy atom. The van der Waals surface area contributed by atoms with E-state index in [1.54, 1.807) is 11.3 Å². The van der Waals surface area contributed by atoms with Crippen LogP contribution in [-0.2, 0) is 12.8 Å². The number of aryl methyl sites for hydroxylation is 2. The van der Waals surface area contributed by atoms with E-state index in [0.29, 0.717) is 12.5 Å². The van der Waals surface area contributed by atoms with Gasteiger partial charge in [0.15, 0.2) is 0 Å². The second kappa shape index (κ2) is 6.64. The van der Waals surface area contributed by atoms with Gasteiger partial charge in [0.1, 0.15) is 0 Å². The van der Waals surface area contributed by atoms with Crippen LogP contribution in [0.1, 0.15) is 21.1 Å². The highest BCUT2D eigenvalue weighted by molar-refractivity contribution is 9.10. The number of hydrogen-bond donors (Lipinski definition) is 1. The van der Waals surface area contributed by atoms with E-state index in [1.807, 2.05) is 0 Å². The highest BCUT2D eigenvalue weighted by Gasteiger charge is 2.12. The van der Waals surface area contributed by atoms with Crippen molar-refractivity contribution >= 4 is 27.3 Å². The van der Waals surface area contributed by atoms with Crippen molar-refractivity contribution < 1.29 is 0 Å². The maximum atomic E-state index is 5.92. The first-order valence-corrected chi connectivity index (χ1v) is 8.07. The maximum absolute atomic E-state index is 5.92. The van der Waals surface area contributed by atoms with Gasteiger partial charge in [0, 0.05) is 15.8 Å². The van der Waals surface area contributed by atoms with Crippen molar-refractivity contribution in [1.29, 1.82) is 0 Å². The monoisotopic (exact) mass is 338 g/mol. The summed E-state index contributed by atoms with van der Waals surface area (Å²) in [7, 11) is 0. The van der Waals surface area contributed by atoms with Gasteiger partial charge in [-0.15, -0.1) is 11.3 Å². The molecule has 4 heteroatoms. The number of benzene rings is 1. The lowest BCUT2D eigenvalue weighted by Crippen LogP contribution is -2.19. The summed E-state index contributed by atoms with van der Waals surface area (Å²) in [5, 5.41) is 1.21. The minimum Gasteiger partial charge on any atom is -0.330 e. The molecule has 19 heavy (non-hydrogen) atoms. The van der Waals surface area contributed by atoms with Crippen LogP contribution in [-0.4, -0.2) is 11.5 Å². The lowest BCUT2D eigenvalue weighted by molar-refractivity contribution is 0.531. The number of halogens is 1. The molecular formula is C15H19BrN2S. The first-order chi connectivity index (χ1) is 9.08. The molecule has 2 nitrogen and oxygen atoms in total. The van der Waals surface area contributed by atoms with E-state index in [1.165, 1.54) is 15.4 Å². The fourth-order valence-electron chi connectivity index (χ4n) is 2.11. The van der Waals surface area contributed by atoms with E-state index in [4.69, 9.17) is 5.73 Å². The van der Waals surface area contributed by atoms with E-state index in [2.05, 4.69) is 59.0 Å². The van der Waals surface area contributed by atoms with Crippen molar-refractivity contribution in [2.24, 2.45) is 11.7 Å². The average molecular weight is 339 g/mol. The number of nitrogens with two attached hydrogens (primary N) is 1. The zero-order chi connectivity index (χ0) is 13.8. The first kappa shape index (κ1) is 14.7. The van der Waals surface area contributed by atoms with Gasteiger partial charge in [-0.1, -0.05) is 28.1 Å². The van der Waals surface area contributed by atoms with Gasteiger partial charge in [-0.3, -0.25) is 0 Å². The molecule has 0 amide bonds. The van der Waals surface area contributed by atoms with E-state index >= 15 is 0 Å². The Bertz CT molecular complexity index is 531. The summed E-state index contributed by atoms with van der Waals surface area (Å²) in [5.41, 5.74) is 8.40. The Morgan fingerprint density at radius 3 is 2.68 bits per heavy atom. The lowest BCUT2D eigenvalue weighted by atomic mass is 9.96. The highest BCUT2D eigenvalue weighted by atomic mass is 79.9. The number of thiazole rings is 1. The summed E-state index contributed by atoms with van der Waals surface area (Å²) < 4.78 is 1.13. The van der Waals surface area contributed by atoms with Gasteiger partial charge in [-0.05, 0) is 50.4 Å². The number of aromatic nitrogens is 1. The van der Waals surface area contributed by atoms with Crippen molar-refractivity contribution in [1.82, 2.24) is 4.98 Å². The Labute approximate surface area is 127 Å². The molecule has 0 fully saturated rings. The SMILES string of the molecule is Cc1nc(CC(CN)Cc2cccc(Br)c2)sc1C. The van der Waals surface area contributed by atoms with Crippen LogP contribution in [0.25, 0.3) is 0 Å². The summed E-state index contributed by atoms with van der Waals surface area (Å²) in [4.78, 5) is 5.92. The van der Waals surface area contributed by atoms with Crippen molar-refractivity contribution in [3.63, 3.8) is 0 Å². The van der Waals surface area contributed by atoms with Gasteiger partial charge in [0.25, 0.3) is 0 Å². The fourth-order valence-corrected chi connectivity index (χ4v) is 3.60. The highest BCUT2D eigenvalue weighted by Crippen LogP contribution is 2.22. The Hall–Kier alpha value is -0.710. The van der Waals surface area contributed by atoms with E-state index in [-0.39, 0.29) is 0 Å². The van der Waals surface area contributed by atoms with Crippen LogP contribution in [0.5, 0.6) is 0 Å². The van der Waals surface area contributed by atoms with Crippen molar-refractivity contribution in [3.05, 3.63) is 49.9 Å². The smallest absolute Gasteiger partial charge is 0.0934 e. The van der Waals surface area contributed by atoms with Crippen LogP contribution in [0.3, 0.4) is 0 Å². The predicted octanol–water partition coefficient (Wildman–Crippen LogP) is 3.88. The largest absolute Gasteiger partial charge is 0.330 e. The molecule has 1 atom stereocenters. The van der Waals surface area contributed by atoms with E-state index in [0.717, 1.165) is 23.0 Å². The zero-order valence-corrected chi connectivity index (χ0v) is 13.7. The molecule has 0 spiro atoms. The molecule has 1 aromatic carbocycles. The molecular weight excluding hydrogens is 320 g/mol. The van der Waals surface area contributed by atoms with Gasteiger partial charge in [-0.2, -0.15) is 0 Å². The molecule has 0 saturated carbocycles. The number of rotatable bonds is 5. The van der Waals surface area contributed by atoms with Gasteiger partial charge in [0.2, 0.25) is 0 Å². The third-order valence-corrected chi connectivity index (χ3v) is 4.87. The molecule has 0 aliphatic carbocycles. The summed E-state index contributed by atoms with van der Waals surface area (Å²) >= 11 is 5.31.